The third-order valence-corrected chi connectivity index (χ3v) is 9.24. The van der Waals surface area contributed by atoms with Crippen LogP contribution in [0.25, 0.3) is 6.08 Å². The first-order valence-corrected chi connectivity index (χ1v) is 10.9. The number of rotatable bonds is 1. The third kappa shape index (κ3) is 2.41. The number of likely N-dealkylation sites (tertiary alicyclic amines) is 1. The summed E-state index contributed by atoms with van der Waals surface area (Å²) >= 11 is 0. The molecule has 4 nitrogen and oxygen atoms in total. The molecule has 2 heterocycles. The van der Waals surface area contributed by atoms with Crippen LogP contribution in [-0.4, -0.2) is 33.9 Å². The first-order chi connectivity index (χ1) is 12.9. The SMILES string of the molecule is CN1C(=O)CC[C@@]2(C)C1CC[C@@H]1[C@H]2CC[C@]2(C)C(=Cc3ncc[nH]3)CC[C@@H]12. The summed E-state index contributed by atoms with van der Waals surface area (Å²) in [5, 5.41) is 0. The van der Waals surface area contributed by atoms with Gasteiger partial charge >= 0.3 is 0 Å². The summed E-state index contributed by atoms with van der Waals surface area (Å²) in [7, 11) is 2.05. The number of nitrogens with zero attached hydrogens (tertiary/aromatic N) is 2. The van der Waals surface area contributed by atoms with E-state index in [9.17, 15) is 4.79 Å². The van der Waals surface area contributed by atoms with Gasteiger partial charge in [-0.15, -0.1) is 0 Å². The van der Waals surface area contributed by atoms with Gasteiger partial charge in [0.2, 0.25) is 5.91 Å². The number of hydrogen-bond acceptors (Lipinski definition) is 2. The van der Waals surface area contributed by atoms with Crippen LogP contribution in [0.15, 0.2) is 18.0 Å². The van der Waals surface area contributed by atoms with Gasteiger partial charge in [-0.25, -0.2) is 4.98 Å². The topological polar surface area (TPSA) is 49.0 Å². The minimum Gasteiger partial charge on any atom is -0.345 e. The van der Waals surface area contributed by atoms with Crippen molar-refractivity contribution in [1.29, 1.82) is 0 Å². The molecule has 27 heavy (non-hydrogen) atoms. The number of aromatic nitrogens is 2. The van der Waals surface area contributed by atoms with Crippen LogP contribution >= 0.6 is 0 Å². The van der Waals surface area contributed by atoms with Crippen molar-refractivity contribution < 1.29 is 4.79 Å². The fourth-order valence-corrected chi connectivity index (χ4v) is 7.76. The van der Waals surface area contributed by atoms with E-state index in [-0.39, 0.29) is 0 Å². The number of piperidine rings is 1. The van der Waals surface area contributed by atoms with Crippen LogP contribution in [0.5, 0.6) is 0 Å². The van der Waals surface area contributed by atoms with Crippen LogP contribution in [-0.2, 0) is 4.79 Å². The first-order valence-electron chi connectivity index (χ1n) is 10.9. The molecule has 146 valence electrons. The van der Waals surface area contributed by atoms with Crippen molar-refractivity contribution in [2.75, 3.05) is 7.05 Å². The van der Waals surface area contributed by atoms with Gasteiger partial charge in [0.25, 0.3) is 0 Å². The molecule has 1 aliphatic heterocycles. The average molecular weight is 368 g/mol. The van der Waals surface area contributed by atoms with Gasteiger partial charge < -0.3 is 9.88 Å². The number of H-pyrrole nitrogens is 1. The van der Waals surface area contributed by atoms with E-state index in [1.165, 1.54) is 38.5 Å². The Balaban J connectivity index is 1.45. The number of nitrogens with one attached hydrogen (secondary N) is 1. The summed E-state index contributed by atoms with van der Waals surface area (Å²) in [6.45, 7) is 5.04. The second kappa shape index (κ2) is 5.96. The summed E-state index contributed by atoms with van der Waals surface area (Å²) in [5.74, 6) is 3.79. The number of imidazole rings is 1. The van der Waals surface area contributed by atoms with Crippen LogP contribution in [0.2, 0.25) is 0 Å². The lowest BCUT2D eigenvalue weighted by atomic mass is 9.47. The molecular formula is C23H33N3O. The zero-order valence-electron chi connectivity index (χ0n) is 17.0. The summed E-state index contributed by atoms with van der Waals surface area (Å²) in [6, 6.07) is 0.462. The predicted octanol–water partition coefficient (Wildman–Crippen LogP) is 4.66. The van der Waals surface area contributed by atoms with Crippen LogP contribution in [0, 0.1) is 28.6 Å². The summed E-state index contributed by atoms with van der Waals surface area (Å²) in [6.07, 6.45) is 15.6. The van der Waals surface area contributed by atoms with E-state index < -0.39 is 0 Å². The van der Waals surface area contributed by atoms with Gasteiger partial charge in [-0.05, 0) is 79.6 Å². The second-order valence-electron chi connectivity index (χ2n) is 10.1. The van der Waals surface area contributed by atoms with Gasteiger partial charge in [-0.3, -0.25) is 4.79 Å². The molecule has 4 heteroatoms. The Hall–Kier alpha value is -1.58. The highest BCUT2D eigenvalue weighted by atomic mass is 16.2. The fourth-order valence-electron chi connectivity index (χ4n) is 7.76. The number of amides is 1. The molecule has 1 unspecified atom stereocenters. The lowest BCUT2D eigenvalue weighted by Gasteiger charge is -2.61. The number of allylic oxidation sites excluding steroid dienone is 1. The first kappa shape index (κ1) is 17.5. The van der Waals surface area contributed by atoms with Gasteiger partial charge in [0.05, 0.1) is 0 Å². The van der Waals surface area contributed by atoms with E-state index in [0.29, 0.717) is 22.8 Å². The Kier molecular flexibility index (Phi) is 3.86. The maximum absolute atomic E-state index is 12.3. The molecule has 3 saturated carbocycles. The maximum Gasteiger partial charge on any atom is 0.222 e. The zero-order chi connectivity index (χ0) is 18.8. The number of carbonyl (C=O) groups is 1. The third-order valence-electron chi connectivity index (χ3n) is 9.24. The normalized spacial score (nSPS) is 45.5. The zero-order valence-corrected chi connectivity index (χ0v) is 17.0. The minimum atomic E-state index is 0.320. The Morgan fingerprint density at radius 2 is 2.00 bits per heavy atom. The number of hydrogen-bond donors (Lipinski definition) is 1. The van der Waals surface area contributed by atoms with Gasteiger partial charge in [0.15, 0.2) is 0 Å². The number of carbonyl (C=O) groups excluding carboxylic acids is 1. The maximum atomic E-state index is 12.3. The Morgan fingerprint density at radius 3 is 2.78 bits per heavy atom. The summed E-state index contributed by atoms with van der Waals surface area (Å²) in [5.41, 5.74) is 2.28. The molecule has 0 radical (unpaired) electrons. The highest BCUT2D eigenvalue weighted by Crippen LogP contribution is 2.66. The molecule has 1 aromatic heterocycles. The molecule has 4 aliphatic rings. The molecular weight excluding hydrogens is 334 g/mol. The van der Waals surface area contributed by atoms with Crippen LogP contribution < -0.4 is 0 Å². The second-order valence-corrected chi connectivity index (χ2v) is 10.1. The van der Waals surface area contributed by atoms with Gasteiger partial charge in [-0.1, -0.05) is 19.4 Å². The summed E-state index contributed by atoms with van der Waals surface area (Å²) < 4.78 is 0. The molecule has 0 spiro atoms. The highest BCUT2D eigenvalue weighted by Gasteiger charge is 2.60. The molecule has 1 aromatic rings. The van der Waals surface area contributed by atoms with Crippen molar-refractivity contribution in [3.63, 3.8) is 0 Å². The molecule has 1 N–H and O–H groups in total. The molecule has 0 bridgehead atoms. The molecule has 5 rings (SSSR count). The molecule has 4 fully saturated rings. The van der Waals surface area contributed by atoms with E-state index in [2.05, 4.69) is 41.8 Å². The Morgan fingerprint density at radius 1 is 1.15 bits per heavy atom. The van der Waals surface area contributed by atoms with E-state index >= 15 is 0 Å². The van der Waals surface area contributed by atoms with Gasteiger partial charge in [0.1, 0.15) is 5.82 Å². The lowest BCUT2D eigenvalue weighted by Crippen LogP contribution is -2.61. The van der Waals surface area contributed by atoms with E-state index in [4.69, 9.17) is 0 Å². The highest BCUT2D eigenvalue weighted by molar-refractivity contribution is 5.77. The monoisotopic (exact) mass is 367 g/mol. The molecule has 6 atom stereocenters. The van der Waals surface area contributed by atoms with Crippen LogP contribution in [0.4, 0.5) is 0 Å². The lowest BCUT2D eigenvalue weighted by molar-refractivity contribution is -0.156. The van der Waals surface area contributed by atoms with Gasteiger partial charge in [-0.2, -0.15) is 0 Å². The fraction of sp³-hybridized carbons (Fsp3) is 0.739. The Bertz CT molecular complexity index is 769. The smallest absolute Gasteiger partial charge is 0.222 e. The molecule has 1 saturated heterocycles. The average Bonchev–Trinajstić information content (AvgIpc) is 3.27. The number of aromatic amines is 1. The van der Waals surface area contributed by atoms with E-state index in [1.807, 2.05) is 12.4 Å². The van der Waals surface area contributed by atoms with E-state index in [0.717, 1.165) is 36.4 Å². The van der Waals surface area contributed by atoms with Gasteiger partial charge in [0, 0.05) is 31.9 Å². The van der Waals surface area contributed by atoms with Crippen molar-refractivity contribution in [2.45, 2.75) is 71.3 Å². The molecule has 1 amide bonds. The van der Waals surface area contributed by atoms with E-state index in [1.54, 1.807) is 5.57 Å². The standard InChI is InChI=1S/C23H33N3O/c1-22-10-8-18-16(5-7-19-23(18,2)11-9-21(27)26(19)3)17(22)6-4-15(22)14-20-24-12-13-25-20/h12-14,16-19H,4-11H2,1-3H3,(H,24,25)/t16-,17-,18+,19?,22+,23+/m0/s1. The molecule has 3 aliphatic carbocycles. The largest absolute Gasteiger partial charge is 0.345 e. The van der Waals surface area contributed by atoms with Crippen molar-refractivity contribution in [3.8, 4) is 0 Å². The quantitative estimate of drug-likeness (QED) is 0.785. The van der Waals surface area contributed by atoms with Crippen molar-refractivity contribution in [1.82, 2.24) is 14.9 Å². The predicted molar refractivity (Wildman–Crippen MR) is 107 cm³/mol. The van der Waals surface area contributed by atoms with Crippen LogP contribution in [0.3, 0.4) is 0 Å². The Labute approximate surface area is 162 Å². The van der Waals surface area contributed by atoms with Crippen molar-refractivity contribution in [2.24, 2.45) is 28.6 Å². The van der Waals surface area contributed by atoms with Crippen molar-refractivity contribution in [3.05, 3.63) is 23.8 Å². The number of fused-ring (bicyclic) bond motifs is 5. The molecule has 0 aromatic carbocycles. The summed E-state index contributed by atoms with van der Waals surface area (Å²) in [4.78, 5) is 22.1. The van der Waals surface area contributed by atoms with Crippen molar-refractivity contribution >= 4 is 12.0 Å². The minimum absolute atomic E-state index is 0.320. The van der Waals surface area contributed by atoms with Crippen LogP contribution in [0.1, 0.15) is 71.0 Å².